The Bertz CT molecular complexity index is 572. The fraction of sp³-hybridized carbons (Fsp3) is 0.364. The van der Waals surface area contributed by atoms with Gasteiger partial charge in [0, 0.05) is 12.5 Å². The normalized spacial score (nSPS) is 19.9. The summed E-state index contributed by atoms with van der Waals surface area (Å²) in [6, 6.07) is 1.50. The lowest BCUT2D eigenvalue weighted by Gasteiger charge is -2.08. The lowest BCUT2D eigenvalue weighted by molar-refractivity contribution is 0.0690. The van der Waals surface area contributed by atoms with Gasteiger partial charge in [0.25, 0.3) is 0 Å². The fourth-order valence-electron chi connectivity index (χ4n) is 2.11. The van der Waals surface area contributed by atoms with Crippen LogP contribution in [0.25, 0.3) is 11.0 Å². The summed E-state index contributed by atoms with van der Waals surface area (Å²) in [7, 11) is 0. The molecule has 0 bridgehead atoms. The number of carboxylic acid groups (broad SMARTS) is 1. The number of nitrogens with one attached hydrogen (secondary N) is 1. The number of carbonyl (C=O) groups is 1. The number of aromatic carboxylic acids is 1. The van der Waals surface area contributed by atoms with Crippen molar-refractivity contribution in [2.75, 3.05) is 13.2 Å². The number of nitrogens with zero attached hydrogens (tertiary/aromatic N) is 2. The summed E-state index contributed by atoms with van der Waals surface area (Å²) in [5.74, 6) is -0.887. The molecule has 1 fully saturated rings. The van der Waals surface area contributed by atoms with Crippen LogP contribution in [0.4, 0.5) is 0 Å². The third-order valence-electron chi connectivity index (χ3n) is 2.97. The van der Waals surface area contributed by atoms with Crippen LogP contribution in [-0.4, -0.2) is 39.2 Å². The largest absolute Gasteiger partial charge is 0.477 e. The first-order valence-corrected chi connectivity index (χ1v) is 5.41. The van der Waals surface area contributed by atoms with E-state index in [-0.39, 0.29) is 11.6 Å². The van der Waals surface area contributed by atoms with Crippen molar-refractivity contribution in [3.05, 3.63) is 23.8 Å². The lowest BCUT2D eigenvalue weighted by Crippen LogP contribution is -2.08. The van der Waals surface area contributed by atoms with Crippen molar-refractivity contribution in [3.8, 4) is 0 Å². The molecule has 2 N–H and O–H groups in total. The Hall–Kier alpha value is -1.95. The van der Waals surface area contributed by atoms with Crippen LogP contribution in [-0.2, 0) is 4.74 Å². The highest BCUT2D eigenvalue weighted by atomic mass is 16.5. The molecule has 3 rings (SSSR count). The number of hydrogen-bond acceptors (Lipinski definition) is 4. The zero-order valence-corrected chi connectivity index (χ0v) is 9.01. The zero-order chi connectivity index (χ0) is 11.8. The molecule has 17 heavy (non-hydrogen) atoms. The van der Waals surface area contributed by atoms with Crippen molar-refractivity contribution in [3.63, 3.8) is 0 Å². The summed E-state index contributed by atoms with van der Waals surface area (Å²) in [6.45, 7) is 1.27. The van der Waals surface area contributed by atoms with Gasteiger partial charge in [0.1, 0.15) is 5.52 Å². The average molecular weight is 233 g/mol. The van der Waals surface area contributed by atoms with Gasteiger partial charge < -0.3 is 14.8 Å². The Kier molecular flexibility index (Phi) is 2.29. The van der Waals surface area contributed by atoms with Gasteiger partial charge in [-0.15, -0.1) is 0 Å². The number of pyridine rings is 1. The van der Waals surface area contributed by atoms with E-state index >= 15 is 0 Å². The van der Waals surface area contributed by atoms with Crippen molar-refractivity contribution in [2.45, 2.75) is 12.3 Å². The quantitative estimate of drug-likeness (QED) is 0.812. The molecular formula is C11H11N3O3. The summed E-state index contributed by atoms with van der Waals surface area (Å²) < 4.78 is 5.31. The van der Waals surface area contributed by atoms with Crippen molar-refractivity contribution in [1.29, 1.82) is 0 Å². The molecule has 0 amide bonds. The number of carboxylic acids is 1. The third kappa shape index (κ3) is 1.66. The number of aromatic amines is 1. The van der Waals surface area contributed by atoms with E-state index in [1.165, 1.54) is 6.07 Å². The molecule has 88 valence electrons. The molecule has 1 atom stereocenters. The minimum Gasteiger partial charge on any atom is -0.477 e. The van der Waals surface area contributed by atoms with E-state index in [2.05, 4.69) is 15.0 Å². The molecule has 0 saturated carbocycles. The van der Waals surface area contributed by atoms with Crippen molar-refractivity contribution < 1.29 is 14.6 Å². The standard InChI is InChI=1S/C11H11N3O3/c15-11(16)8-3-7-10(13-5-12-7)9(14-8)6-1-2-17-4-6/h3,5-6H,1-2,4H2,(H,12,13)(H,15,16). The second kappa shape index (κ2) is 3.81. The molecule has 0 radical (unpaired) electrons. The molecule has 0 spiro atoms. The second-order valence-electron chi connectivity index (χ2n) is 4.06. The number of H-pyrrole nitrogens is 1. The molecule has 1 unspecified atom stereocenters. The topological polar surface area (TPSA) is 88.1 Å². The van der Waals surface area contributed by atoms with Gasteiger partial charge in [-0.25, -0.2) is 14.8 Å². The van der Waals surface area contributed by atoms with Crippen LogP contribution < -0.4 is 0 Å². The minimum absolute atomic E-state index is 0.0450. The number of rotatable bonds is 2. The molecule has 6 nitrogen and oxygen atoms in total. The highest BCUT2D eigenvalue weighted by Crippen LogP contribution is 2.28. The molecule has 3 heterocycles. The van der Waals surface area contributed by atoms with Crippen molar-refractivity contribution in [1.82, 2.24) is 15.0 Å². The number of aromatic nitrogens is 3. The first-order valence-electron chi connectivity index (χ1n) is 5.41. The van der Waals surface area contributed by atoms with Gasteiger partial charge in [0.15, 0.2) is 5.69 Å². The van der Waals surface area contributed by atoms with E-state index in [4.69, 9.17) is 9.84 Å². The van der Waals surface area contributed by atoms with E-state index in [1.54, 1.807) is 6.33 Å². The predicted octanol–water partition coefficient (Wildman–Crippen LogP) is 1.16. The fourth-order valence-corrected chi connectivity index (χ4v) is 2.11. The molecule has 6 heteroatoms. The van der Waals surface area contributed by atoms with E-state index < -0.39 is 5.97 Å². The SMILES string of the molecule is O=C(O)c1cc2[nH]cnc2c(C2CCOC2)n1. The first kappa shape index (κ1) is 10.2. The molecule has 0 aromatic carbocycles. The van der Waals surface area contributed by atoms with E-state index in [1.807, 2.05) is 0 Å². The Labute approximate surface area is 96.6 Å². The molecule has 1 saturated heterocycles. The highest BCUT2D eigenvalue weighted by Gasteiger charge is 2.24. The highest BCUT2D eigenvalue weighted by molar-refractivity contribution is 5.90. The second-order valence-corrected chi connectivity index (χ2v) is 4.06. The Morgan fingerprint density at radius 3 is 3.18 bits per heavy atom. The van der Waals surface area contributed by atoms with E-state index in [9.17, 15) is 4.79 Å². The minimum atomic E-state index is -1.03. The maximum Gasteiger partial charge on any atom is 0.354 e. The van der Waals surface area contributed by atoms with Gasteiger partial charge >= 0.3 is 5.97 Å². The average Bonchev–Trinajstić information content (AvgIpc) is 2.98. The summed E-state index contributed by atoms with van der Waals surface area (Å²) in [5, 5.41) is 9.02. The zero-order valence-electron chi connectivity index (χ0n) is 9.01. The number of fused-ring (bicyclic) bond motifs is 1. The van der Waals surface area contributed by atoms with E-state index in [0.717, 1.165) is 17.6 Å². The van der Waals surface area contributed by atoms with Gasteiger partial charge in [-0.3, -0.25) is 0 Å². The van der Waals surface area contributed by atoms with Gasteiger partial charge in [-0.2, -0.15) is 0 Å². The molecule has 2 aromatic rings. The Morgan fingerprint density at radius 2 is 2.47 bits per heavy atom. The van der Waals surface area contributed by atoms with Gasteiger partial charge in [0.05, 0.1) is 24.1 Å². The Morgan fingerprint density at radius 1 is 1.59 bits per heavy atom. The van der Waals surface area contributed by atoms with Crippen LogP contribution in [0.15, 0.2) is 12.4 Å². The summed E-state index contributed by atoms with van der Waals surface area (Å²) >= 11 is 0. The van der Waals surface area contributed by atoms with Gasteiger partial charge in [-0.05, 0) is 12.5 Å². The third-order valence-corrected chi connectivity index (χ3v) is 2.97. The number of ether oxygens (including phenoxy) is 1. The van der Waals surface area contributed by atoms with Crippen LogP contribution in [0.1, 0.15) is 28.5 Å². The summed E-state index contributed by atoms with van der Waals surface area (Å²) in [4.78, 5) is 22.3. The van der Waals surface area contributed by atoms with Crippen LogP contribution >= 0.6 is 0 Å². The molecule has 1 aliphatic heterocycles. The smallest absolute Gasteiger partial charge is 0.354 e. The number of imidazole rings is 1. The molecule has 2 aromatic heterocycles. The van der Waals surface area contributed by atoms with Crippen molar-refractivity contribution in [2.24, 2.45) is 0 Å². The van der Waals surface area contributed by atoms with Crippen LogP contribution in [0.2, 0.25) is 0 Å². The van der Waals surface area contributed by atoms with Crippen LogP contribution in [0.5, 0.6) is 0 Å². The lowest BCUT2D eigenvalue weighted by atomic mass is 10.0. The van der Waals surface area contributed by atoms with Crippen molar-refractivity contribution >= 4 is 17.0 Å². The van der Waals surface area contributed by atoms with E-state index in [0.29, 0.717) is 18.7 Å². The monoisotopic (exact) mass is 233 g/mol. The Balaban J connectivity index is 2.19. The molecule has 1 aliphatic rings. The van der Waals surface area contributed by atoms with Gasteiger partial charge in [0.2, 0.25) is 0 Å². The number of hydrogen-bond donors (Lipinski definition) is 2. The maximum atomic E-state index is 11.0. The first-order chi connectivity index (χ1) is 8.25. The van der Waals surface area contributed by atoms with Gasteiger partial charge in [-0.1, -0.05) is 0 Å². The molecule has 0 aliphatic carbocycles. The van der Waals surface area contributed by atoms with Crippen LogP contribution in [0, 0.1) is 0 Å². The van der Waals surface area contributed by atoms with Crippen LogP contribution in [0.3, 0.4) is 0 Å². The maximum absolute atomic E-state index is 11.0. The summed E-state index contributed by atoms with van der Waals surface area (Å²) in [6.07, 6.45) is 2.41. The summed E-state index contributed by atoms with van der Waals surface area (Å²) in [5.41, 5.74) is 2.21. The predicted molar refractivity (Wildman–Crippen MR) is 59.0 cm³/mol. The molecular weight excluding hydrogens is 222 g/mol.